The highest BCUT2D eigenvalue weighted by molar-refractivity contribution is 9.10. The molecule has 0 saturated heterocycles. The van der Waals surface area contributed by atoms with Crippen molar-refractivity contribution in [3.05, 3.63) is 29.0 Å². The summed E-state index contributed by atoms with van der Waals surface area (Å²) in [6, 6.07) is 5.79. The molecule has 5 heteroatoms. The van der Waals surface area contributed by atoms with Crippen molar-refractivity contribution in [1.29, 1.82) is 0 Å². The molecule has 0 atom stereocenters. The van der Waals surface area contributed by atoms with Crippen molar-refractivity contribution in [3.63, 3.8) is 0 Å². The molecule has 1 heterocycles. The van der Waals surface area contributed by atoms with Crippen molar-refractivity contribution in [2.24, 2.45) is 0 Å². The van der Waals surface area contributed by atoms with E-state index in [0.29, 0.717) is 0 Å². The first-order valence-corrected chi connectivity index (χ1v) is 5.77. The lowest BCUT2D eigenvalue weighted by atomic mass is 10.2. The molecule has 0 bridgehead atoms. The quantitative estimate of drug-likeness (QED) is 0.869. The van der Waals surface area contributed by atoms with Gasteiger partial charge in [-0.15, -0.1) is 10.2 Å². The van der Waals surface area contributed by atoms with Crippen LogP contribution in [0.2, 0.25) is 0 Å². The molecule has 0 saturated carbocycles. The largest absolute Gasteiger partial charge is 0.497 e. The molecule has 0 unspecified atom stereocenters. The van der Waals surface area contributed by atoms with E-state index in [9.17, 15) is 0 Å². The van der Waals surface area contributed by atoms with Crippen LogP contribution in [0, 0.1) is 0 Å². The van der Waals surface area contributed by atoms with E-state index in [2.05, 4.69) is 33.1 Å². The fourth-order valence-electron chi connectivity index (χ4n) is 1.50. The van der Waals surface area contributed by atoms with Gasteiger partial charge in [-0.2, -0.15) is 0 Å². The Morgan fingerprint density at radius 1 is 1.44 bits per heavy atom. The van der Waals surface area contributed by atoms with Crippen LogP contribution in [0.5, 0.6) is 5.75 Å². The number of nitrogens with zero attached hydrogens (tertiary/aromatic N) is 3. The van der Waals surface area contributed by atoms with Gasteiger partial charge in [-0.25, -0.2) is 0 Å². The van der Waals surface area contributed by atoms with Gasteiger partial charge in [0, 0.05) is 16.6 Å². The van der Waals surface area contributed by atoms with Crippen LogP contribution >= 0.6 is 15.9 Å². The molecule has 0 aliphatic carbocycles. The molecule has 84 valence electrons. The Labute approximate surface area is 102 Å². The van der Waals surface area contributed by atoms with Gasteiger partial charge >= 0.3 is 0 Å². The van der Waals surface area contributed by atoms with Crippen molar-refractivity contribution in [2.45, 2.75) is 13.5 Å². The molecule has 0 N–H and O–H groups in total. The highest BCUT2D eigenvalue weighted by Crippen LogP contribution is 2.30. The monoisotopic (exact) mass is 281 g/mol. The molecule has 0 spiro atoms. The summed E-state index contributed by atoms with van der Waals surface area (Å²) in [4.78, 5) is 0. The maximum absolute atomic E-state index is 5.20. The number of methoxy groups -OCH3 is 1. The molecule has 0 amide bonds. The molecule has 0 radical (unpaired) electrons. The Morgan fingerprint density at radius 3 is 2.94 bits per heavy atom. The summed E-state index contributed by atoms with van der Waals surface area (Å²) >= 11 is 3.51. The molecule has 2 aromatic rings. The number of aryl methyl sites for hydroxylation is 1. The van der Waals surface area contributed by atoms with Crippen molar-refractivity contribution in [3.8, 4) is 17.1 Å². The second-order valence-corrected chi connectivity index (χ2v) is 4.14. The standard InChI is InChI=1S/C11H12BrN3O/c1-3-15-7-13-14-11(15)9-6-8(16-2)4-5-10(9)12/h4-7H,3H2,1-2H3. The SMILES string of the molecule is CCn1cnnc1-c1cc(OC)ccc1Br. The second-order valence-electron chi connectivity index (χ2n) is 3.29. The third kappa shape index (κ3) is 1.95. The number of rotatable bonds is 3. The van der Waals surface area contributed by atoms with Gasteiger partial charge < -0.3 is 9.30 Å². The van der Waals surface area contributed by atoms with E-state index in [0.717, 1.165) is 28.2 Å². The van der Waals surface area contributed by atoms with Crippen LogP contribution in [0.25, 0.3) is 11.4 Å². The van der Waals surface area contributed by atoms with Gasteiger partial charge in [0.05, 0.1) is 7.11 Å². The number of halogens is 1. The van der Waals surface area contributed by atoms with E-state index < -0.39 is 0 Å². The summed E-state index contributed by atoms with van der Waals surface area (Å²) in [6.07, 6.45) is 1.72. The molecular formula is C11H12BrN3O. The minimum Gasteiger partial charge on any atom is -0.497 e. The summed E-state index contributed by atoms with van der Waals surface area (Å²) in [5.74, 6) is 1.65. The summed E-state index contributed by atoms with van der Waals surface area (Å²) in [5, 5.41) is 8.04. The minimum atomic E-state index is 0.809. The number of hydrogen-bond acceptors (Lipinski definition) is 3. The van der Waals surface area contributed by atoms with E-state index >= 15 is 0 Å². The highest BCUT2D eigenvalue weighted by Gasteiger charge is 2.10. The van der Waals surface area contributed by atoms with Crippen LogP contribution in [0.1, 0.15) is 6.92 Å². The van der Waals surface area contributed by atoms with Crippen LogP contribution in [0.15, 0.2) is 29.0 Å². The zero-order valence-corrected chi connectivity index (χ0v) is 10.7. The van der Waals surface area contributed by atoms with Gasteiger partial charge in [0.25, 0.3) is 0 Å². The number of benzene rings is 1. The van der Waals surface area contributed by atoms with Crippen molar-refractivity contribution in [2.75, 3.05) is 7.11 Å². The zero-order valence-electron chi connectivity index (χ0n) is 9.14. The Bertz CT molecular complexity index is 496. The van der Waals surface area contributed by atoms with E-state index in [1.165, 1.54) is 0 Å². The summed E-state index contributed by atoms with van der Waals surface area (Å²) in [7, 11) is 1.65. The number of aromatic nitrogens is 3. The van der Waals surface area contributed by atoms with Crippen LogP contribution in [0.4, 0.5) is 0 Å². The molecule has 0 aliphatic rings. The maximum Gasteiger partial charge on any atom is 0.165 e. The van der Waals surface area contributed by atoms with Gasteiger partial charge in [-0.3, -0.25) is 0 Å². The van der Waals surface area contributed by atoms with E-state index in [1.807, 2.05) is 22.8 Å². The molecule has 1 aromatic heterocycles. The highest BCUT2D eigenvalue weighted by atomic mass is 79.9. The summed E-state index contributed by atoms with van der Waals surface area (Å²) in [5.41, 5.74) is 0.985. The summed E-state index contributed by atoms with van der Waals surface area (Å²) < 4.78 is 8.17. The number of ether oxygens (including phenoxy) is 1. The normalized spacial score (nSPS) is 10.4. The first-order chi connectivity index (χ1) is 7.76. The van der Waals surface area contributed by atoms with E-state index in [-0.39, 0.29) is 0 Å². The van der Waals surface area contributed by atoms with Gasteiger partial charge in [0.2, 0.25) is 0 Å². The molecule has 1 aromatic carbocycles. The van der Waals surface area contributed by atoms with Gasteiger partial charge in [0.15, 0.2) is 5.82 Å². The van der Waals surface area contributed by atoms with Crippen LogP contribution in [0.3, 0.4) is 0 Å². The Balaban J connectivity index is 2.54. The second kappa shape index (κ2) is 4.65. The maximum atomic E-state index is 5.20. The first kappa shape index (κ1) is 11.1. The molecule has 2 rings (SSSR count). The summed E-state index contributed by atoms with van der Waals surface area (Å²) in [6.45, 7) is 2.90. The molecule has 16 heavy (non-hydrogen) atoms. The molecule has 0 fully saturated rings. The van der Waals surface area contributed by atoms with E-state index in [4.69, 9.17) is 4.74 Å². The Morgan fingerprint density at radius 2 is 2.25 bits per heavy atom. The van der Waals surface area contributed by atoms with Crippen LogP contribution in [-0.2, 0) is 6.54 Å². The van der Waals surface area contributed by atoms with Crippen LogP contribution < -0.4 is 4.74 Å². The smallest absolute Gasteiger partial charge is 0.165 e. The lowest BCUT2D eigenvalue weighted by Gasteiger charge is -2.07. The van der Waals surface area contributed by atoms with Gasteiger partial charge in [0.1, 0.15) is 12.1 Å². The zero-order chi connectivity index (χ0) is 11.5. The van der Waals surface area contributed by atoms with Crippen molar-refractivity contribution < 1.29 is 4.74 Å². The predicted molar refractivity (Wildman–Crippen MR) is 65.4 cm³/mol. The topological polar surface area (TPSA) is 39.9 Å². The fraction of sp³-hybridized carbons (Fsp3) is 0.273. The minimum absolute atomic E-state index is 0.809. The number of hydrogen-bond donors (Lipinski definition) is 0. The average Bonchev–Trinajstić information content (AvgIpc) is 2.77. The van der Waals surface area contributed by atoms with Gasteiger partial charge in [-0.1, -0.05) is 15.9 Å². The van der Waals surface area contributed by atoms with Crippen LogP contribution in [-0.4, -0.2) is 21.9 Å². The van der Waals surface area contributed by atoms with Crippen molar-refractivity contribution in [1.82, 2.24) is 14.8 Å². The Kier molecular flexibility index (Phi) is 3.24. The third-order valence-corrected chi connectivity index (χ3v) is 3.06. The fourth-order valence-corrected chi connectivity index (χ4v) is 1.92. The molecule has 4 nitrogen and oxygen atoms in total. The lowest BCUT2D eigenvalue weighted by Crippen LogP contribution is -1.97. The predicted octanol–water partition coefficient (Wildman–Crippen LogP) is 2.74. The van der Waals surface area contributed by atoms with E-state index in [1.54, 1.807) is 13.4 Å². The average molecular weight is 282 g/mol. The molecular weight excluding hydrogens is 270 g/mol. The third-order valence-electron chi connectivity index (χ3n) is 2.37. The van der Waals surface area contributed by atoms with Crippen molar-refractivity contribution >= 4 is 15.9 Å². The van der Waals surface area contributed by atoms with Gasteiger partial charge in [-0.05, 0) is 25.1 Å². The molecule has 0 aliphatic heterocycles. The Hall–Kier alpha value is -1.36. The lowest BCUT2D eigenvalue weighted by molar-refractivity contribution is 0.415. The first-order valence-electron chi connectivity index (χ1n) is 4.98.